The lowest BCUT2D eigenvalue weighted by atomic mass is 9.97. The molecule has 1 atom stereocenters. The molecule has 0 radical (unpaired) electrons. The number of sulfonamides is 1. The van der Waals surface area contributed by atoms with E-state index in [0.717, 1.165) is 17.7 Å². The molecule has 0 saturated heterocycles. The van der Waals surface area contributed by atoms with E-state index in [1.165, 1.54) is 13.2 Å². The van der Waals surface area contributed by atoms with Crippen LogP contribution in [0.4, 0.5) is 0 Å². The minimum atomic E-state index is -3.61. The van der Waals surface area contributed by atoms with Gasteiger partial charge in [0.05, 0.1) is 13.7 Å². The van der Waals surface area contributed by atoms with Crippen molar-refractivity contribution in [2.75, 3.05) is 20.3 Å². The second kappa shape index (κ2) is 6.60. The molecule has 1 aliphatic rings. The van der Waals surface area contributed by atoms with Gasteiger partial charge in [-0.05, 0) is 30.2 Å². The highest BCUT2D eigenvalue weighted by atomic mass is 32.2. The van der Waals surface area contributed by atoms with Crippen LogP contribution in [0.25, 0.3) is 0 Å². The fourth-order valence-electron chi connectivity index (χ4n) is 2.67. The van der Waals surface area contributed by atoms with E-state index in [0.29, 0.717) is 18.9 Å². The molecule has 3 rings (SSSR count). The lowest BCUT2D eigenvalue weighted by molar-refractivity contribution is 0.223. The predicted molar refractivity (Wildman–Crippen MR) is 87.3 cm³/mol. The number of para-hydroxylation sites is 2. The normalized spacial score (nSPS) is 17.2. The molecule has 2 aromatic rings. The topological polar surface area (TPSA) is 64.6 Å². The summed E-state index contributed by atoms with van der Waals surface area (Å²) in [6.45, 7) is 0.834. The first-order valence-corrected chi connectivity index (χ1v) is 8.92. The molecule has 2 aromatic carbocycles. The van der Waals surface area contributed by atoms with Gasteiger partial charge in [-0.15, -0.1) is 0 Å². The van der Waals surface area contributed by atoms with Gasteiger partial charge in [-0.3, -0.25) is 0 Å². The Bertz CT molecular complexity index is 789. The molecule has 0 amide bonds. The fourth-order valence-corrected chi connectivity index (χ4v) is 3.95. The first-order chi connectivity index (χ1) is 11.1. The van der Waals surface area contributed by atoms with Gasteiger partial charge in [0, 0.05) is 12.5 Å². The van der Waals surface area contributed by atoms with E-state index >= 15 is 0 Å². The fraction of sp³-hybridized carbons (Fsp3) is 0.294. The monoisotopic (exact) mass is 333 g/mol. The third kappa shape index (κ3) is 3.48. The molecule has 1 heterocycles. The summed E-state index contributed by atoms with van der Waals surface area (Å²) in [4.78, 5) is 0.152. The molecular weight excluding hydrogens is 314 g/mol. The van der Waals surface area contributed by atoms with Crippen LogP contribution >= 0.6 is 0 Å². The van der Waals surface area contributed by atoms with E-state index in [1.807, 2.05) is 24.3 Å². The Labute approximate surface area is 136 Å². The maximum Gasteiger partial charge on any atom is 0.244 e. The highest BCUT2D eigenvalue weighted by Gasteiger charge is 2.24. The van der Waals surface area contributed by atoms with Crippen molar-refractivity contribution in [3.8, 4) is 11.5 Å². The maximum absolute atomic E-state index is 12.5. The number of hydrogen-bond donors (Lipinski definition) is 1. The van der Waals surface area contributed by atoms with Gasteiger partial charge in [0.25, 0.3) is 0 Å². The second-order valence-corrected chi connectivity index (χ2v) is 7.23. The van der Waals surface area contributed by atoms with Crippen LogP contribution in [0.3, 0.4) is 0 Å². The molecule has 0 spiro atoms. The number of hydrogen-bond acceptors (Lipinski definition) is 4. The lowest BCUT2D eigenvalue weighted by Gasteiger charge is -2.25. The number of benzene rings is 2. The van der Waals surface area contributed by atoms with E-state index in [4.69, 9.17) is 9.47 Å². The van der Waals surface area contributed by atoms with Crippen molar-refractivity contribution in [1.29, 1.82) is 0 Å². The molecule has 5 nitrogen and oxygen atoms in total. The van der Waals surface area contributed by atoms with E-state index in [9.17, 15) is 8.42 Å². The average Bonchev–Trinajstić information content (AvgIpc) is 2.60. The number of nitrogens with one attached hydrogen (secondary N) is 1. The van der Waals surface area contributed by atoms with Gasteiger partial charge >= 0.3 is 0 Å². The molecule has 23 heavy (non-hydrogen) atoms. The smallest absolute Gasteiger partial charge is 0.244 e. The Morgan fingerprint density at radius 1 is 1.17 bits per heavy atom. The van der Waals surface area contributed by atoms with Gasteiger partial charge < -0.3 is 9.47 Å². The van der Waals surface area contributed by atoms with Crippen LogP contribution in [0, 0.1) is 5.92 Å². The summed E-state index contributed by atoms with van der Waals surface area (Å²) in [5.74, 6) is 1.33. The van der Waals surface area contributed by atoms with Crippen LogP contribution in [0.2, 0.25) is 0 Å². The van der Waals surface area contributed by atoms with E-state index in [-0.39, 0.29) is 10.8 Å². The summed E-state index contributed by atoms with van der Waals surface area (Å²) in [5, 5.41) is 0. The van der Waals surface area contributed by atoms with Crippen molar-refractivity contribution in [3.63, 3.8) is 0 Å². The van der Waals surface area contributed by atoms with Gasteiger partial charge in [-0.2, -0.15) is 0 Å². The van der Waals surface area contributed by atoms with Crippen molar-refractivity contribution in [3.05, 3.63) is 54.1 Å². The molecular formula is C17H19NO4S. The summed E-state index contributed by atoms with van der Waals surface area (Å²) in [5.41, 5.74) is 1.11. The quantitative estimate of drug-likeness (QED) is 0.911. The van der Waals surface area contributed by atoms with Gasteiger partial charge in [-0.25, -0.2) is 13.1 Å². The van der Waals surface area contributed by atoms with Gasteiger partial charge in [-0.1, -0.05) is 30.3 Å². The van der Waals surface area contributed by atoms with E-state index in [1.54, 1.807) is 18.2 Å². The molecule has 1 N–H and O–H groups in total. The Kier molecular flexibility index (Phi) is 4.54. The van der Waals surface area contributed by atoms with Gasteiger partial charge in [0.15, 0.2) is 0 Å². The molecule has 0 fully saturated rings. The highest BCUT2D eigenvalue weighted by Crippen LogP contribution is 2.27. The molecule has 0 aliphatic carbocycles. The van der Waals surface area contributed by atoms with E-state index < -0.39 is 10.0 Å². The Morgan fingerprint density at radius 2 is 1.91 bits per heavy atom. The third-order valence-electron chi connectivity index (χ3n) is 3.88. The zero-order valence-electron chi connectivity index (χ0n) is 12.9. The van der Waals surface area contributed by atoms with Crippen molar-refractivity contribution in [1.82, 2.24) is 4.72 Å². The van der Waals surface area contributed by atoms with E-state index in [2.05, 4.69) is 4.72 Å². The maximum atomic E-state index is 12.5. The number of rotatable bonds is 5. The second-order valence-electron chi connectivity index (χ2n) is 5.49. The Hall–Kier alpha value is -2.05. The third-order valence-corrected chi connectivity index (χ3v) is 5.34. The van der Waals surface area contributed by atoms with Crippen LogP contribution < -0.4 is 14.2 Å². The minimum absolute atomic E-state index is 0.106. The molecule has 0 saturated carbocycles. The van der Waals surface area contributed by atoms with Crippen molar-refractivity contribution >= 4 is 10.0 Å². The first-order valence-electron chi connectivity index (χ1n) is 7.43. The van der Waals surface area contributed by atoms with Crippen LogP contribution in [-0.2, 0) is 16.4 Å². The van der Waals surface area contributed by atoms with Crippen LogP contribution in [0.15, 0.2) is 53.4 Å². The van der Waals surface area contributed by atoms with Crippen molar-refractivity contribution in [2.24, 2.45) is 5.92 Å². The summed E-state index contributed by atoms with van der Waals surface area (Å²) >= 11 is 0. The van der Waals surface area contributed by atoms with Gasteiger partial charge in [0.2, 0.25) is 10.0 Å². The molecule has 0 aromatic heterocycles. The zero-order valence-corrected chi connectivity index (χ0v) is 13.7. The van der Waals surface area contributed by atoms with Gasteiger partial charge in [0.1, 0.15) is 16.4 Å². The largest absolute Gasteiger partial charge is 0.495 e. The average molecular weight is 333 g/mol. The SMILES string of the molecule is COc1ccccc1S(=O)(=O)NCC1COc2ccccc2C1. The first kappa shape index (κ1) is 15.8. The summed E-state index contributed by atoms with van der Waals surface area (Å²) in [7, 11) is -2.15. The van der Waals surface area contributed by atoms with Crippen LogP contribution in [0.1, 0.15) is 5.56 Å². The number of fused-ring (bicyclic) bond motifs is 1. The molecule has 1 unspecified atom stereocenters. The molecule has 122 valence electrons. The minimum Gasteiger partial charge on any atom is -0.495 e. The molecule has 6 heteroatoms. The standard InChI is InChI=1S/C17H19NO4S/c1-21-16-8-4-5-9-17(16)23(19,20)18-11-13-10-14-6-2-3-7-15(14)22-12-13/h2-9,13,18H,10-12H2,1H3. The molecule has 0 bridgehead atoms. The number of methoxy groups -OCH3 is 1. The van der Waals surface area contributed by atoms with Crippen LogP contribution in [-0.4, -0.2) is 28.7 Å². The van der Waals surface area contributed by atoms with Crippen molar-refractivity contribution in [2.45, 2.75) is 11.3 Å². The molecule has 1 aliphatic heterocycles. The Balaban J connectivity index is 1.69. The van der Waals surface area contributed by atoms with Crippen molar-refractivity contribution < 1.29 is 17.9 Å². The summed E-state index contributed by atoms with van der Waals surface area (Å²) < 4.78 is 38.4. The summed E-state index contributed by atoms with van der Waals surface area (Å²) in [6, 6.07) is 14.4. The summed E-state index contributed by atoms with van der Waals surface area (Å²) in [6.07, 6.45) is 0.796. The zero-order chi connectivity index (χ0) is 16.3. The lowest BCUT2D eigenvalue weighted by Crippen LogP contribution is -2.34. The Morgan fingerprint density at radius 3 is 2.74 bits per heavy atom. The number of ether oxygens (including phenoxy) is 2. The predicted octanol–water partition coefficient (Wildman–Crippen LogP) is 2.22. The highest BCUT2D eigenvalue weighted by molar-refractivity contribution is 7.89. The van der Waals surface area contributed by atoms with Crippen LogP contribution in [0.5, 0.6) is 11.5 Å².